The molecule has 7 nitrogen and oxygen atoms in total. The quantitative estimate of drug-likeness (QED) is 0.668. The average Bonchev–Trinajstić information content (AvgIpc) is 2.76. The minimum absolute atomic E-state index is 0.00590. The van der Waals surface area contributed by atoms with Gasteiger partial charge in [-0.1, -0.05) is 6.07 Å². The summed E-state index contributed by atoms with van der Waals surface area (Å²) in [6, 6.07) is 5.04. The Morgan fingerprint density at radius 3 is 2.77 bits per heavy atom. The van der Waals surface area contributed by atoms with Crippen LogP contribution in [-0.4, -0.2) is 61.3 Å². The standard InChI is InChI=1S/C21H21F3N2O5/c1-13-17(4-3-5-18(13)21(22,23)24)19(27)26-6-7-30-16(11-26)12-31-15-8-14(9-25-10-15)20(28)29-2/h3-5,8-10,16H,6-7,11-12H2,1-2H3. The van der Waals surface area contributed by atoms with E-state index in [1.807, 2.05) is 0 Å². The van der Waals surface area contributed by atoms with E-state index < -0.39 is 29.7 Å². The van der Waals surface area contributed by atoms with E-state index >= 15 is 0 Å². The number of methoxy groups -OCH3 is 1. The van der Waals surface area contributed by atoms with Crippen LogP contribution in [0.1, 0.15) is 31.8 Å². The van der Waals surface area contributed by atoms with Crippen LogP contribution in [0.15, 0.2) is 36.7 Å². The molecule has 1 aliphatic heterocycles. The van der Waals surface area contributed by atoms with Gasteiger partial charge in [0.05, 0.1) is 37.6 Å². The molecule has 1 fully saturated rings. The molecular formula is C21H21F3N2O5. The van der Waals surface area contributed by atoms with E-state index in [0.717, 1.165) is 6.07 Å². The van der Waals surface area contributed by atoms with Gasteiger partial charge in [-0.25, -0.2) is 4.79 Å². The van der Waals surface area contributed by atoms with Gasteiger partial charge in [0.15, 0.2) is 0 Å². The number of rotatable bonds is 5. The molecule has 1 amide bonds. The number of ether oxygens (including phenoxy) is 3. The molecule has 0 aliphatic carbocycles. The summed E-state index contributed by atoms with van der Waals surface area (Å²) in [6.45, 7) is 1.98. The number of nitrogens with zero attached hydrogens (tertiary/aromatic N) is 2. The zero-order chi connectivity index (χ0) is 22.6. The van der Waals surface area contributed by atoms with Gasteiger partial charge in [-0.15, -0.1) is 0 Å². The Morgan fingerprint density at radius 1 is 1.29 bits per heavy atom. The third kappa shape index (κ3) is 5.32. The van der Waals surface area contributed by atoms with Crippen molar-refractivity contribution in [2.24, 2.45) is 0 Å². The number of halogens is 3. The first-order valence-corrected chi connectivity index (χ1v) is 9.44. The summed E-state index contributed by atoms with van der Waals surface area (Å²) >= 11 is 0. The smallest absolute Gasteiger partial charge is 0.416 e. The van der Waals surface area contributed by atoms with Crippen LogP contribution in [0, 0.1) is 6.92 Å². The number of benzene rings is 1. The molecule has 2 heterocycles. The zero-order valence-electron chi connectivity index (χ0n) is 16.9. The number of carbonyl (C=O) groups is 2. The highest BCUT2D eigenvalue weighted by molar-refractivity contribution is 5.96. The third-order valence-electron chi connectivity index (χ3n) is 4.87. The lowest BCUT2D eigenvalue weighted by Crippen LogP contribution is -2.47. The number of aromatic nitrogens is 1. The summed E-state index contributed by atoms with van der Waals surface area (Å²) in [5.41, 5.74) is -0.706. The molecule has 166 valence electrons. The van der Waals surface area contributed by atoms with E-state index in [4.69, 9.17) is 9.47 Å². The van der Waals surface area contributed by atoms with Gasteiger partial charge in [-0.3, -0.25) is 9.78 Å². The highest BCUT2D eigenvalue weighted by Crippen LogP contribution is 2.33. The van der Waals surface area contributed by atoms with Crippen molar-refractivity contribution in [1.29, 1.82) is 0 Å². The summed E-state index contributed by atoms with van der Waals surface area (Å²) < 4.78 is 55.4. The van der Waals surface area contributed by atoms with Crippen molar-refractivity contribution in [3.63, 3.8) is 0 Å². The highest BCUT2D eigenvalue weighted by Gasteiger charge is 2.35. The molecule has 1 atom stereocenters. The van der Waals surface area contributed by atoms with Crippen LogP contribution in [0.25, 0.3) is 0 Å². The van der Waals surface area contributed by atoms with Gasteiger partial charge >= 0.3 is 12.1 Å². The van der Waals surface area contributed by atoms with Gasteiger partial charge in [0.25, 0.3) is 5.91 Å². The first-order valence-electron chi connectivity index (χ1n) is 9.44. The van der Waals surface area contributed by atoms with Gasteiger partial charge in [0, 0.05) is 18.3 Å². The maximum atomic E-state index is 13.2. The highest BCUT2D eigenvalue weighted by atomic mass is 19.4. The molecule has 1 aromatic carbocycles. The summed E-state index contributed by atoms with van der Waals surface area (Å²) in [5, 5.41) is 0. The number of pyridine rings is 1. The summed E-state index contributed by atoms with van der Waals surface area (Å²) in [4.78, 5) is 29.8. The lowest BCUT2D eigenvalue weighted by atomic mass is 10.0. The van der Waals surface area contributed by atoms with E-state index in [2.05, 4.69) is 9.72 Å². The molecule has 3 rings (SSSR count). The Morgan fingerprint density at radius 2 is 2.06 bits per heavy atom. The fourth-order valence-electron chi connectivity index (χ4n) is 3.27. The van der Waals surface area contributed by atoms with Crippen molar-refractivity contribution >= 4 is 11.9 Å². The monoisotopic (exact) mass is 438 g/mol. The second-order valence-corrected chi connectivity index (χ2v) is 6.93. The van der Waals surface area contributed by atoms with Crippen LogP contribution in [0.3, 0.4) is 0 Å². The first-order chi connectivity index (χ1) is 14.7. The molecule has 31 heavy (non-hydrogen) atoms. The van der Waals surface area contributed by atoms with E-state index in [0.29, 0.717) is 5.75 Å². The molecule has 1 unspecified atom stereocenters. The van der Waals surface area contributed by atoms with Crippen molar-refractivity contribution in [2.75, 3.05) is 33.4 Å². The summed E-state index contributed by atoms with van der Waals surface area (Å²) in [5.74, 6) is -0.727. The van der Waals surface area contributed by atoms with Crippen molar-refractivity contribution < 1.29 is 37.0 Å². The minimum Gasteiger partial charge on any atom is -0.489 e. The molecule has 10 heteroatoms. The molecule has 0 radical (unpaired) electrons. The van der Waals surface area contributed by atoms with E-state index in [1.165, 1.54) is 49.5 Å². The summed E-state index contributed by atoms with van der Waals surface area (Å²) in [6.07, 6.45) is -2.27. The van der Waals surface area contributed by atoms with E-state index in [-0.39, 0.29) is 43.0 Å². The van der Waals surface area contributed by atoms with Crippen molar-refractivity contribution in [2.45, 2.75) is 19.2 Å². The molecule has 0 saturated carbocycles. The maximum absolute atomic E-state index is 13.2. The molecule has 1 saturated heterocycles. The van der Waals surface area contributed by atoms with Gasteiger partial charge in [0.2, 0.25) is 0 Å². The topological polar surface area (TPSA) is 78.0 Å². The largest absolute Gasteiger partial charge is 0.489 e. The second kappa shape index (κ2) is 9.34. The molecule has 1 aromatic heterocycles. The Kier molecular flexibility index (Phi) is 6.79. The van der Waals surface area contributed by atoms with E-state index in [9.17, 15) is 22.8 Å². The van der Waals surface area contributed by atoms with Crippen LogP contribution in [0.4, 0.5) is 13.2 Å². The van der Waals surface area contributed by atoms with Gasteiger partial charge in [-0.05, 0) is 30.7 Å². The van der Waals surface area contributed by atoms with Crippen LogP contribution in [-0.2, 0) is 15.7 Å². The van der Waals surface area contributed by atoms with Gasteiger partial charge in [-0.2, -0.15) is 13.2 Å². The molecular weight excluding hydrogens is 417 g/mol. The number of hydrogen-bond acceptors (Lipinski definition) is 6. The summed E-state index contributed by atoms with van der Waals surface area (Å²) in [7, 11) is 1.25. The first kappa shape index (κ1) is 22.5. The van der Waals surface area contributed by atoms with E-state index in [1.54, 1.807) is 0 Å². The van der Waals surface area contributed by atoms with Crippen LogP contribution >= 0.6 is 0 Å². The fourth-order valence-corrected chi connectivity index (χ4v) is 3.27. The number of hydrogen-bond donors (Lipinski definition) is 0. The Bertz CT molecular complexity index is 964. The fraction of sp³-hybridized carbons (Fsp3) is 0.381. The predicted molar refractivity (Wildman–Crippen MR) is 103 cm³/mol. The Balaban J connectivity index is 1.66. The predicted octanol–water partition coefficient (Wildman–Crippen LogP) is 3.12. The third-order valence-corrected chi connectivity index (χ3v) is 4.87. The number of carbonyl (C=O) groups excluding carboxylic acids is 2. The van der Waals surface area contributed by atoms with Crippen LogP contribution in [0.5, 0.6) is 5.75 Å². The molecule has 0 spiro atoms. The lowest BCUT2D eigenvalue weighted by molar-refractivity contribution is -0.138. The zero-order valence-corrected chi connectivity index (χ0v) is 16.9. The average molecular weight is 438 g/mol. The Labute approximate surface area is 176 Å². The van der Waals surface area contributed by atoms with Crippen LogP contribution < -0.4 is 4.74 Å². The van der Waals surface area contributed by atoms with Crippen LogP contribution in [0.2, 0.25) is 0 Å². The number of esters is 1. The molecule has 0 bridgehead atoms. The number of amides is 1. The van der Waals surface area contributed by atoms with Crippen molar-refractivity contribution in [3.8, 4) is 5.75 Å². The minimum atomic E-state index is -4.53. The Hall–Kier alpha value is -3.14. The van der Waals surface area contributed by atoms with Gasteiger partial charge in [0.1, 0.15) is 18.5 Å². The van der Waals surface area contributed by atoms with Crippen molar-refractivity contribution in [3.05, 3.63) is 58.9 Å². The normalized spacial score (nSPS) is 16.7. The second-order valence-electron chi connectivity index (χ2n) is 6.93. The SMILES string of the molecule is COC(=O)c1cncc(OCC2CN(C(=O)c3cccc(C(F)(F)F)c3C)CCO2)c1. The number of alkyl halides is 3. The molecule has 0 N–H and O–H groups in total. The lowest BCUT2D eigenvalue weighted by Gasteiger charge is -2.33. The molecule has 1 aliphatic rings. The molecule has 2 aromatic rings. The van der Waals surface area contributed by atoms with Gasteiger partial charge < -0.3 is 19.1 Å². The maximum Gasteiger partial charge on any atom is 0.416 e. The van der Waals surface area contributed by atoms with Crippen molar-refractivity contribution in [1.82, 2.24) is 9.88 Å². The number of morpholine rings is 1.